The molecular formula is C13H8ClNO3S. The van der Waals surface area contributed by atoms with Gasteiger partial charge in [-0.25, -0.2) is 4.79 Å². The van der Waals surface area contributed by atoms with Gasteiger partial charge in [-0.1, -0.05) is 17.7 Å². The largest absolute Gasteiger partial charge is 0.487 e. The molecule has 1 aromatic carbocycles. The Kier molecular flexibility index (Phi) is 4.05. The molecule has 1 N–H and O–H groups in total. The van der Waals surface area contributed by atoms with Gasteiger partial charge in [0.15, 0.2) is 0 Å². The van der Waals surface area contributed by atoms with Crippen LogP contribution in [0.15, 0.2) is 30.3 Å². The Morgan fingerprint density at radius 2 is 2.21 bits per heavy atom. The van der Waals surface area contributed by atoms with E-state index < -0.39 is 5.97 Å². The molecule has 0 amide bonds. The third-order valence-corrected chi connectivity index (χ3v) is 3.69. The number of nitriles is 1. The van der Waals surface area contributed by atoms with Crippen molar-refractivity contribution in [2.75, 3.05) is 0 Å². The highest BCUT2D eigenvalue weighted by atomic mass is 35.5. The molecule has 0 bridgehead atoms. The molecule has 0 spiro atoms. The number of halogens is 1. The second-order valence-electron chi connectivity index (χ2n) is 3.58. The number of carboxylic acids is 1. The van der Waals surface area contributed by atoms with E-state index in [1.165, 1.54) is 6.07 Å². The Labute approximate surface area is 118 Å². The number of hydrogen-bond donors (Lipinski definition) is 1. The minimum absolute atomic E-state index is 0.201. The monoisotopic (exact) mass is 293 g/mol. The number of thiophene rings is 1. The zero-order chi connectivity index (χ0) is 13.8. The number of aromatic carboxylic acids is 1. The summed E-state index contributed by atoms with van der Waals surface area (Å²) in [5.41, 5.74) is 0.277. The number of ether oxygens (including phenoxy) is 1. The van der Waals surface area contributed by atoms with Gasteiger partial charge < -0.3 is 9.84 Å². The number of carboxylic acid groups (broad SMARTS) is 1. The van der Waals surface area contributed by atoms with Crippen LogP contribution in [0.25, 0.3) is 0 Å². The molecule has 19 heavy (non-hydrogen) atoms. The van der Waals surface area contributed by atoms with Gasteiger partial charge in [0.2, 0.25) is 0 Å². The van der Waals surface area contributed by atoms with Crippen LogP contribution >= 0.6 is 22.9 Å². The molecule has 0 radical (unpaired) electrons. The standard InChI is InChI=1S/C13H8ClNO3S/c14-10-2-1-3-11(9(10)6-15)18-7-8-4-5-12(19-8)13(16)17/h1-5H,7H2,(H,16,17). The van der Waals surface area contributed by atoms with E-state index in [1.54, 1.807) is 24.3 Å². The lowest BCUT2D eigenvalue weighted by Crippen LogP contribution is -1.95. The molecule has 0 saturated carbocycles. The molecule has 2 rings (SSSR count). The maximum Gasteiger partial charge on any atom is 0.345 e. The average Bonchev–Trinajstić information content (AvgIpc) is 2.85. The van der Waals surface area contributed by atoms with Crippen LogP contribution in [-0.2, 0) is 6.61 Å². The van der Waals surface area contributed by atoms with Crippen LogP contribution in [0.5, 0.6) is 5.75 Å². The first kappa shape index (κ1) is 13.4. The lowest BCUT2D eigenvalue weighted by atomic mass is 10.2. The number of hydrogen-bond acceptors (Lipinski definition) is 4. The molecule has 0 unspecified atom stereocenters. The van der Waals surface area contributed by atoms with E-state index in [0.29, 0.717) is 10.8 Å². The Morgan fingerprint density at radius 3 is 2.84 bits per heavy atom. The quantitative estimate of drug-likeness (QED) is 0.936. The maximum absolute atomic E-state index is 10.7. The van der Waals surface area contributed by atoms with E-state index in [2.05, 4.69) is 0 Å². The highest BCUT2D eigenvalue weighted by molar-refractivity contribution is 7.13. The van der Waals surface area contributed by atoms with Crippen molar-refractivity contribution in [3.8, 4) is 11.8 Å². The van der Waals surface area contributed by atoms with Gasteiger partial charge in [0.1, 0.15) is 28.9 Å². The summed E-state index contributed by atoms with van der Waals surface area (Å²) in [5.74, 6) is -0.572. The zero-order valence-electron chi connectivity index (χ0n) is 9.59. The topological polar surface area (TPSA) is 70.3 Å². The Bertz CT molecular complexity index is 660. The summed E-state index contributed by atoms with van der Waals surface area (Å²) in [4.78, 5) is 11.8. The molecule has 1 heterocycles. The highest BCUT2D eigenvalue weighted by Gasteiger charge is 2.10. The van der Waals surface area contributed by atoms with Crippen LogP contribution in [0.3, 0.4) is 0 Å². The van der Waals surface area contributed by atoms with E-state index in [1.807, 2.05) is 6.07 Å². The summed E-state index contributed by atoms with van der Waals surface area (Å²) >= 11 is 7.02. The molecule has 0 aliphatic heterocycles. The summed E-state index contributed by atoms with van der Waals surface area (Å²) in [6, 6.07) is 10.1. The molecular weight excluding hydrogens is 286 g/mol. The lowest BCUT2D eigenvalue weighted by Gasteiger charge is -2.07. The Balaban J connectivity index is 2.12. The van der Waals surface area contributed by atoms with E-state index in [-0.39, 0.29) is 17.0 Å². The molecule has 0 aliphatic rings. The first-order valence-corrected chi connectivity index (χ1v) is 6.44. The predicted molar refractivity (Wildman–Crippen MR) is 71.8 cm³/mol. The Hall–Kier alpha value is -2.03. The van der Waals surface area contributed by atoms with Crippen LogP contribution in [0, 0.1) is 11.3 Å². The van der Waals surface area contributed by atoms with E-state index in [0.717, 1.165) is 16.2 Å². The molecule has 2 aromatic rings. The van der Waals surface area contributed by atoms with Gasteiger partial charge in [0, 0.05) is 4.88 Å². The second kappa shape index (κ2) is 5.74. The number of carbonyl (C=O) groups is 1. The molecule has 0 fully saturated rings. The van der Waals surface area contributed by atoms with Crippen LogP contribution in [0.1, 0.15) is 20.1 Å². The summed E-state index contributed by atoms with van der Waals surface area (Å²) in [7, 11) is 0. The summed E-state index contributed by atoms with van der Waals surface area (Å²) in [6.45, 7) is 0.201. The zero-order valence-corrected chi connectivity index (χ0v) is 11.2. The summed E-state index contributed by atoms with van der Waals surface area (Å²) < 4.78 is 5.50. The molecule has 0 aliphatic carbocycles. The first-order valence-electron chi connectivity index (χ1n) is 5.25. The smallest absolute Gasteiger partial charge is 0.345 e. The molecule has 0 atom stereocenters. The van der Waals surface area contributed by atoms with Gasteiger partial charge >= 0.3 is 5.97 Å². The average molecular weight is 294 g/mol. The molecule has 1 aromatic heterocycles. The fraction of sp³-hybridized carbons (Fsp3) is 0.0769. The maximum atomic E-state index is 10.7. The van der Waals surface area contributed by atoms with Gasteiger partial charge in [-0.2, -0.15) is 5.26 Å². The van der Waals surface area contributed by atoms with Crippen molar-refractivity contribution in [3.63, 3.8) is 0 Å². The fourth-order valence-corrected chi connectivity index (χ4v) is 2.42. The van der Waals surface area contributed by atoms with E-state index in [4.69, 9.17) is 26.7 Å². The van der Waals surface area contributed by atoms with E-state index >= 15 is 0 Å². The van der Waals surface area contributed by atoms with Gasteiger partial charge in [-0.05, 0) is 24.3 Å². The molecule has 96 valence electrons. The van der Waals surface area contributed by atoms with Gasteiger partial charge in [-0.15, -0.1) is 11.3 Å². The van der Waals surface area contributed by atoms with Crippen molar-refractivity contribution in [1.29, 1.82) is 5.26 Å². The lowest BCUT2D eigenvalue weighted by molar-refractivity contribution is 0.0702. The van der Waals surface area contributed by atoms with Crippen molar-refractivity contribution in [1.82, 2.24) is 0 Å². The fourth-order valence-electron chi connectivity index (χ4n) is 1.45. The third kappa shape index (κ3) is 3.05. The number of nitrogens with zero attached hydrogens (tertiary/aromatic N) is 1. The van der Waals surface area contributed by atoms with Crippen LogP contribution in [0.2, 0.25) is 5.02 Å². The van der Waals surface area contributed by atoms with Crippen molar-refractivity contribution >= 4 is 28.9 Å². The minimum atomic E-state index is -0.961. The third-order valence-electron chi connectivity index (χ3n) is 2.33. The number of rotatable bonds is 4. The Morgan fingerprint density at radius 1 is 1.42 bits per heavy atom. The van der Waals surface area contributed by atoms with Crippen LogP contribution in [0.4, 0.5) is 0 Å². The van der Waals surface area contributed by atoms with Gasteiger partial charge in [0.05, 0.1) is 5.02 Å². The van der Waals surface area contributed by atoms with Gasteiger partial charge in [0.25, 0.3) is 0 Å². The highest BCUT2D eigenvalue weighted by Crippen LogP contribution is 2.27. The van der Waals surface area contributed by atoms with Crippen molar-refractivity contribution < 1.29 is 14.6 Å². The first-order chi connectivity index (χ1) is 9.11. The summed E-state index contributed by atoms with van der Waals surface area (Å²) in [5, 5.41) is 18.1. The second-order valence-corrected chi connectivity index (χ2v) is 5.16. The van der Waals surface area contributed by atoms with Gasteiger partial charge in [-0.3, -0.25) is 0 Å². The van der Waals surface area contributed by atoms with Crippen molar-refractivity contribution in [3.05, 3.63) is 50.7 Å². The normalized spacial score (nSPS) is 9.89. The van der Waals surface area contributed by atoms with Crippen molar-refractivity contribution in [2.45, 2.75) is 6.61 Å². The SMILES string of the molecule is N#Cc1c(Cl)cccc1OCc1ccc(C(=O)O)s1. The molecule has 6 heteroatoms. The van der Waals surface area contributed by atoms with Crippen molar-refractivity contribution in [2.24, 2.45) is 0 Å². The van der Waals surface area contributed by atoms with E-state index in [9.17, 15) is 4.79 Å². The molecule has 0 saturated heterocycles. The predicted octanol–water partition coefficient (Wildman–Crippen LogP) is 3.55. The van der Waals surface area contributed by atoms with Crippen LogP contribution in [-0.4, -0.2) is 11.1 Å². The minimum Gasteiger partial charge on any atom is -0.487 e. The molecule has 4 nitrogen and oxygen atoms in total. The van der Waals surface area contributed by atoms with Crippen LogP contribution < -0.4 is 4.74 Å². The number of benzene rings is 1. The summed E-state index contributed by atoms with van der Waals surface area (Å²) in [6.07, 6.45) is 0.